The van der Waals surface area contributed by atoms with Gasteiger partial charge >= 0.3 is 7.83 Å². The minimum Gasteiger partial charge on any atom is -0.325 e. The van der Waals surface area contributed by atoms with Crippen molar-refractivity contribution in [3.8, 4) is 0 Å². The standard InChI is InChI=1S/C12H11NO.BF2/c14-11-7-9-6-5-8-3-1-2-4-10(8)12(9)13-11;2-1-3/h1-4H,5-7H2,(H,13,14);. The number of nitrogens with one attached hydrogen (secondary N) is 1. The lowest BCUT2D eigenvalue weighted by molar-refractivity contribution is -0.118. The molecule has 0 aromatic heterocycles. The Labute approximate surface area is 99.1 Å². The van der Waals surface area contributed by atoms with E-state index in [9.17, 15) is 13.4 Å². The number of aryl methyl sites for hydroxylation is 1. The molecular formula is C12H11BF2NO. The van der Waals surface area contributed by atoms with Crippen molar-refractivity contribution in [2.24, 2.45) is 0 Å². The molecule has 0 saturated carbocycles. The molecule has 17 heavy (non-hydrogen) atoms. The first-order valence-electron chi connectivity index (χ1n) is 5.38. The summed E-state index contributed by atoms with van der Waals surface area (Å²) in [6.45, 7) is 0. The molecule has 1 heterocycles. The molecule has 0 fully saturated rings. The van der Waals surface area contributed by atoms with Crippen LogP contribution in [-0.2, 0) is 11.2 Å². The zero-order valence-electron chi connectivity index (χ0n) is 9.17. The number of halogens is 2. The van der Waals surface area contributed by atoms with Crippen LogP contribution in [0.3, 0.4) is 0 Å². The minimum absolute atomic E-state index is 0.145. The van der Waals surface area contributed by atoms with Crippen molar-refractivity contribution in [3.63, 3.8) is 0 Å². The Kier molecular flexibility index (Phi) is 3.56. The van der Waals surface area contributed by atoms with Gasteiger partial charge in [0.25, 0.3) is 0 Å². The zero-order chi connectivity index (χ0) is 12.3. The Balaban J connectivity index is 0.000000329. The van der Waals surface area contributed by atoms with E-state index in [4.69, 9.17) is 0 Å². The van der Waals surface area contributed by atoms with E-state index in [0.29, 0.717) is 6.42 Å². The molecule has 1 aromatic rings. The monoisotopic (exact) mass is 234 g/mol. The molecule has 0 spiro atoms. The summed E-state index contributed by atoms with van der Waals surface area (Å²) in [5, 5.41) is 2.95. The van der Waals surface area contributed by atoms with Gasteiger partial charge in [0, 0.05) is 11.3 Å². The van der Waals surface area contributed by atoms with Crippen LogP contribution in [0, 0.1) is 0 Å². The highest BCUT2D eigenvalue weighted by Gasteiger charge is 2.26. The summed E-state index contributed by atoms with van der Waals surface area (Å²) in [6, 6.07) is 8.32. The van der Waals surface area contributed by atoms with Crippen molar-refractivity contribution in [2.45, 2.75) is 19.3 Å². The first-order valence-corrected chi connectivity index (χ1v) is 5.38. The fourth-order valence-electron chi connectivity index (χ4n) is 2.29. The average Bonchev–Trinajstić information content (AvgIpc) is 2.71. The molecule has 5 heteroatoms. The molecule has 1 N–H and O–H groups in total. The van der Waals surface area contributed by atoms with Crippen LogP contribution in [0.5, 0.6) is 0 Å². The summed E-state index contributed by atoms with van der Waals surface area (Å²) in [6.07, 6.45) is 2.71. The third kappa shape index (κ3) is 2.38. The summed E-state index contributed by atoms with van der Waals surface area (Å²) in [4.78, 5) is 11.3. The van der Waals surface area contributed by atoms with E-state index >= 15 is 0 Å². The lowest BCUT2D eigenvalue weighted by Gasteiger charge is -2.17. The molecule has 3 rings (SSSR count). The number of amides is 1. The number of rotatable bonds is 0. The topological polar surface area (TPSA) is 29.1 Å². The van der Waals surface area contributed by atoms with E-state index in [2.05, 4.69) is 23.5 Å². The van der Waals surface area contributed by atoms with Crippen LogP contribution in [0.1, 0.15) is 24.0 Å². The Morgan fingerprint density at radius 2 is 1.88 bits per heavy atom. The molecule has 2 aliphatic rings. The molecular weight excluding hydrogens is 223 g/mol. The quantitative estimate of drug-likeness (QED) is 0.685. The predicted octanol–water partition coefficient (Wildman–Crippen LogP) is 2.32. The smallest absolute Gasteiger partial charge is 0.325 e. The van der Waals surface area contributed by atoms with E-state index < -0.39 is 7.83 Å². The SMILES string of the molecule is F[B]F.O=C1CC2=C(N1)c1ccccc1CC2. The number of fused-ring (bicyclic) bond motifs is 2. The lowest BCUT2D eigenvalue weighted by Crippen LogP contribution is -2.15. The van der Waals surface area contributed by atoms with Crippen LogP contribution in [0.15, 0.2) is 29.8 Å². The summed E-state index contributed by atoms with van der Waals surface area (Å²) in [7, 11) is -1.00. The normalized spacial score (nSPS) is 16.5. The van der Waals surface area contributed by atoms with Gasteiger partial charge in [-0.1, -0.05) is 24.3 Å². The molecule has 0 bridgehead atoms. The first-order chi connectivity index (χ1) is 8.26. The molecule has 0 unspecified atom stereocenters. The van der Waals surface area contributed by atoms with Crippen LogP contribution < -0.4 is 5.32 Å². The fourth-order valence-corrected chi connectivity index (χ4v) is 2.29. The number of carbonyl (C=O) groups is 1. The molecule has 0 saturated heterocycles. The number of hydrogen-bond acceptors (Lipinski definition) is 1. The second kappa shape index (κ2) is 5.12. The summed E-state index contributed by atoms with van der Waals surface area (Å²) in [5.74, 6) is 0.145. The Morgan fingerprint density at radius 3 is 2.65 bits per heavy atom. The van der Waals surface area contributed by atoms with Crippen LogP contribution in [0.25, 0.3) is 5.70 Å². The second-order valence-corrected chi connectivity index (χ2v) is 3.94. The van der Waals surface area contributed by atoms with Gasteiger partial charge in [-0.15, -0.1) is 0 Å². The van der Waals surface area contributed by atoms with E-state index in [1.54, 1.807) is 0 Å². The number of carbonyl (C=O) groups excluding carboxylic acids is 1. The van der Waals surface area contributed by atoms with Crippen molar-refractivity contribution in [1.82, 2.24) is 5.32 Å². The highest BCUT2D eigenvalue weighted by Crippen LogP contribution is 2.34. The third-order valence-corrected chi connectivity index (χ3v) is 2.97. The van der Waals surface area contributed by atoms with Gasteiger partial charge in [-0.25, -0.2) is 0 Å². The molecule has 1 aromatic carbocycles. The van der Waals surface area contributed by atoms with Crippen LogP contribution >= 0.6 is 0 Å². The largest absolute Gasteiger partial charge is 0.577 e. The highest BCUT2D eigenvalue weighted by molar-refractivity contribution is 6.15. The molecule has 1 aliphatic carbocycles. The maximum Gasteiger partial charge on any atom is 0.577 e. The van der Waals surface area contributed by atoms with Gasteiger partial charge in [0.05, 0.1) is 6.42 Å². The zero-order valence-corrected chi connectivity index (χ0v) is 9.17. The maximum atomic E-state index is 11.3. The third-order valence-electron chi connectivity index (χ3n) is 2.97. The second-order valence-electron chi connectivity index (χ2n) is 3.94. The van der Waals surface area contributed by atoms with E-state index in [0.717, 1.165) is 18.5 Å². The van der Waals surface area contributed by atoms with Crippen LogP contribution in [-0.4, -0.2) is 13.7 Å². The van der Waals surface area contributed by atoms with Gasteiger partial charge in [0.2, 0.25) is 5.91 Å². The van der Waals surface area contributed by atoms with Crippen LogP contribution in [0.2, 0.25) is 0 Å². The van der Waals surface area contributed by atoms with Gasteiger partial charge in [-0.3, -0.25) is 13.4 Å². The van der Waals surface area contributed by atoms with Crippen molar-refractivity contribution >= 4 is 19.4 Å². The Bertz CT molecular complexity index is 473. The predicted molar refractivity (Wildman–Crippen MR) is 62.4 cm³/mol. The van der Waals surface area contributed by atoms with Gasteiger partial charge < -0.3 is 5.32 Å². The molecule has 1 amide bonds. The summed E-state index contributed by atoms with van der Waals surface area (Å²) < 4.78 is 19.0. The van der Waals surface area contributed by atoms with Crippen molar-refractivity contribution in [2.75, 3.05) is 0 Å². The molecule has 1 aliphatic heterocycles. The van der Waals surface area contributed by atoms with Crippen molar-refractivity contribution < 1.29 is 13.4 Å². The summed E-state index contributed by atoms with van der Waals surface area (Å²) >= 11 is 0. The first kappa shape index (κ1) is 11.8. The van der Waals surface area contributed by atoms with E-state index in [-0.39, 0.29) is 5.91 Å². The van der Waals surface area contributed by atoms with Gasteiger partial charge in [0.1, 0.15) is 0 Å². The minimum atomic E-state index is -1.00. The number of benzene rings is 1. The maximum absolute atomic E-state index is 11.3. The van der Waals surface area contributed by atoms with Crippen LogP contribution in [0.4, 0.5) is 8.63 Å². The Hall–Kier alpha value is -1.65. The van der Waals surface area contributed by atoms with Crippen molar-refractivity contribution in [1.29, 1.82) is 0 Å². The molecule has 2 nitrogen and oxygen atoms in total. The summed E-state index contributed by atoms with van der Waals surface area (Å²) in [5.41, 5.74) is 4.94. The van der Waals surface area contributed by atoms with E-state index in [1.807, 2.05) is 6.07 Å². The fraction of sp³-hybridized carbons (Fsp3) is 0.250. The van der Waals surface area contributed by atoms with Gasteiger partial charge in [-0.05, 0) is 24.0 Å². The molecule has 87 valence electrons. The molecule has 0 atom stereocenters. The lowest BCUT2D eigenvalue weighted by atomic mass is 9.90. The van der Waals surface area contributed by atoms with Crippen molar-refractivity contribution in [3.05, 3.63) is 41.0 Å². The highest BCUT2D eigenvalue weighted by atomic mass is 19.2. The molecule has 1 radical (unpaired) electrons. The van der Waals surface area contributed by atoms with Gasteiger partial charge in [-0.2, -0.15) is 0 Å². The number of hydrogen-bond donors (Lipinski definition) is 1. The van der Waals surface area contributed by atoms with E-state index in [1.165, 1.54) is 16.7 Å². The Morgan fingerprint density at radius 1 is 1.18 bits per heavy atom. The van der Waals surface area contributed by atoms with Gasteiger partial charge in [0.15, 0.2) is 0 Å². The average molecular weight is 234 g/mol.